The van der Waals surface area contributed by atoms with E-state index in [1.807, 2.05) is 11.6 Å². The van der Waals surface area contributed by atoms with Crippen LogP contribution in [0.3, 0.4) is 0 Å². The maximum absolute atomic E-state index is 3.39. The molecule has 0 fully saturated rings. The van der Waals surface area contributed by atoms with Gasteiger partial charge in [0.15, 0.2) is 0 Å². The first-order chi connectivity index (χ1) is 3.41. The number of hydrogen-bond donors (Lipinski definition) is 0. The van der Waals surface area contributed by atoms with Gasteiger partial charge in [0.05, 0.1) is 0 Å². The van der Waals surface area contributed by atoms with E-state index in [-0.39, 0.29) is 0 Å². The molecule has 0 amide bonds. The molecule has 0 unspecified atom stereocenters. The first kappa shape index (κ1) is 6.47. The van der Waals surface area contributed by atoms with Crippen LogP contribution in [0.25, 0.3) is 0 Å². The van der Waals surface area contributed by atoms with Gasteiger partial charge in [-0.2, -0.15) is 0 Å². The molecule has 36 valence electrons. The fourth-order valence-corrected chi connectivity index (χ4v) is 0.479. The molecule has 0 aromatic heterocycles. The predicted octanol–water partition coefficient (Wildman–Crippen LogP) is 2.26. The highest BCUT2D eigenvalue weighted by molar-refractivity contribution is 7.45. The highest BCUT2D eigenvalue weighted by Gasteiger charge is 1.57. The van der Waals surface area contributed by atoms with E-state index in [9.17, 15) is 0 Å². The molecule has 0 spiro atoms. The van der Waals surface area contributed by atoms with Crippen molar-refractivity contribution in [1.82, 2.24) is 0 Å². The van der Waals surface area contributed by atoms with Crippen LogP contribution in [0.1, 0.15) is 0 Å². The minimum absolute atomic E-state index is 0.635. The Morgan fingerprint density at radius 1 is 1.14 bits per heavy atom. The van der Waals surface area contributed by atoms with E-state index < -0.39 is 0 Å². The van der Waals surface area contributed by atoms with E-state index in [2.05, 4.69) is 24.6 Å². The first-order valence-electron chi connectivity index (χ1n) is 1.86. The van der Waals surface area contributed by atoms with Crippen LogP contribution < -0.4 is 0 Å². The van der Waals surface area contributed by atoms with E-state index in [0.29, 0.717) is 8.58 Å². The van der Waals surface area contributed by atoms with Crippen LogP contribution in [0, 0.1) is 0 Å². The summed E-state index contributed by atoms with van der Waals surface area (Å²) in [5.41, 5.74) is 5.28. The van der Waals surface area contributed by atoms with Gasteiger partial charge in [0, 0.05) is 0 Å². The average Bonchev–Trinajstić information content (AvgIpc) is 1.69. The third kappa shape index (κ3) is 5.47. The molecule has 0 aliphatic rings. The SMILES string of the molecule is C=C=CPC=C=C. The van der Waals surface area contributed by atoms with Gasteiger partial charge < -0.3 is 0 Å². The van der Waals surface area contributed by atoms with Crippen molar-refractivity contribution < 1.29 is 0 Å². The van der Waals surface area contributed by atoms with Crippen LogP contribution in [0.5, 0.6) is 0 Å². The van der Waals surface area contributed by atoms with Gasteiger partial charge in [0.2, 0.25) is 0 Å². The fraction of sp³-hybridized carbons (Fsp3) is 0. The summed E-state index contributed by atoms with van der Waals surface area (Å²) in [7, 11) is 0.635. The normalized spacial score (nSPS) is 7.43. The van der Waals surface area contributed by atoms with Crippen LogP contribution in [-0.4, -0.2) is 0 Å². The lowest BCUT2D eigenvalue weighted by Crippen LogP contribution is -1.26. The lowest BCUT2D eigenvalue weighted by atomic mass is 11.0. The van der Waals surface area contributed by atoms with Crippen molar-refractivity contribution >= 4 is 8.58 Å². The van der Waals surface area contributed by atoms with E-state index >= 15 is 0 Å². The Hall–Kier alpha value is -0.530. The van der Waals surface area contributed by atoms with Gasteiger partial charge in [0.25, 0.3) is 0 Å². The summed E-state index contributed by atoms with van der Waals surface area (Å²) in [5, 5.41) is 0. The van der Waals surface area contributed by atoms with E-state index in [1.165, 1.54) is 0 Å². The van der Waals surface area contributed by atoms with Gasteiger partial charge in [-0.05, 0) is 11.6 Å². The molecule has 0 saturated heterocycles. The maximum Gasteiger partial charge on any atom is -0.0176 e. The van der Waals surface area contributed by atoms with Crippen molar-refractivity contribution in [2.45, 2.75) is 0 Å². The second-order valence-electron chi connectivity index (χ2n) is 0.864. The summed E-state index contributed by atoms with van der Waals surface area (Å²) in [6.07, 6.45) is 0. The van der Waals surface area contributed by atoms with Crippen LogP contribution in [-0.2, 0) is 0 Å². The van der Waals surface area contributed by atoms with Crippen molar-refractivity contribution in [3.05, 3.63) is 36.3 Å². The molecule has 0 bridgehead atoms. The molecule has 0 saturated carbocycles. The summed E-state index contributed by atoms with van der Waals surface area (Å²) < 4.78 is 0. The molecule has 7 heavy (non-hydrogen) atoms. The summed E-state index contributed by atoms with van der Waals surface area (Å²) in [5.74, 6) is 3.69. The van der Waals surface area contributed by atoms with Gasteiger partial charge in [-0.1, -0.05) is 21.7 Å². The second-order valence-corrected chi connectivity index (χ2v) is 1.77. The van der Waals surface area contributed by atoms with Crippen molar-refractivity contribution in [2.24, 2.45) is 0 Å². The molecular weight excluding hydrogens is 103 g/mol. The Morgan fingerprint density at radius 3 is 1.86 bits per heavy atom. The molecule has 0 radical (unpaired) electrons. The molecule has 0 nitrogen and oxygen atoms in total. The lowest BCUT2D eigenvalue weighted by Gasteiger charge is -1.67. The average molecular weight is 110 g/mol. The van der Waals surface area contributed by atoms with Crippen molar-refractivity contribution in [3.8, 4) is 0 Å². The molecule has 0 aromatic carbocycles. The minimum Gasteiger partial charge on any atom is -0.128 e. The largest absolute Gasteiger partial charge is 0.128 e. The smallest absolute Gasteiger partial charge is 0.0176 e. The lowest BCUT2D eigenvalue weighted by molar-refractivity contribution is 2.37. The highest BCUT2D eigenvalue weighted by Crippen LogP contribution is 2.09. The van der Waals surface area contributed by atoms with Gasteiger partial charge >= 0.3 is 0 Å². The molecule has 0 heterocycles. The third-order valence-electron chi connectivity index (χ3n) is 0.371. The molecule has 0 N–H and O–H groups in total. The van der Waals surface area contributed by atoms with E-state index in [0.717, 1.165) is 0 Å². The summed E-state index contributed by atoms with van der Waals surface area (Å²) in [4.78, 5) is 0. The van der Waals surface area contributed by atoms with E-state index in [4.69, 9.17) is 0 Å². The first-order valence-corrected chi connectivity index (χ1v) is 3.02. The van der Waals surface area contributed by atoms with Crippen molar-refractivity contribution in [2.75, 3.05) is 0 Å². The molecule has 0 atom stereocenters. The van der Waals surface area contributed by atoms with E-state index in [1.54, 1.807) is 0 Å². The molecule has 0 aliphatic heterocycles. The van der Waals surface area contributed by atoms with Crippen LogP contribution in [0.2, 0.25) is 0 Å². The summed E-state index contributed by atoms with van der Waals surface area (Å²) in [6.45, 7) is 6.78. The summed E-state index contributed by atoms with van der Waals surface area (Å²) in [6, 6.07) is 0. The van der Waals surface area contributed by atoms with Gasteiger partial charge in [-0.25, -0.2) is 0 Å². The molecule has 0 rings (SSSR count). The Morgan fingerprint density at radius 2 is 1.57 bits per heavy atom. The Bertz CT molecular complexity index is 107. The van der Waals surface area contributed by atoms with Gasteiger partial charge in [-0.3, -0.25) is 0 Å². The maximum atomic E-state index is 3.39. The molecule has 1 heteroatoms. The Labute approximate surface area is 45.7 Å². The molecule has 0 aromatic rings. The van der Waals surface area contributed by atoms with Gasteiger partial charge in [0.1, 0.15) is 0 Å². The monoisotopic (exact) mass is 110 g/mol. The number of rotatable bonds is 2. The zero-order chi connectivity index (χ0) is 5.54. The van der Waals surface area contributed by atoms with Crippen LogP contribution in [0.4, 0.5) is 0 Å². The summed E-state index contributed by atoms with van der Waals surface area (Å²) >= 11 is 0. The van der Waals surface area contributed by atoms with Crippen LogP contribution >= 0.6 is 8.58 Å². The predicted molar refractivity (Wildman–Crippen MR) is 35.7 cm³/mol. The highest BCUT2D eigenvalue weighted by atomic mass is 31.1. The minimum atomic E-state index is 0.635. The molecular formula is C6H7P. The van der Waals surface area contributed by atoms with Crippen molar-refractivity contribution in [1.29, 1.82) is 0 Å². The standard InChI is InChI=1S/C6H7P/c1-3-5-7-6-4-2/h5-7H,1-2H2. The topological polar surface area (TPSA) is 0 Å². The van der Waals surface area contributed by atoms with Gasteiger partial charge in [-0.15, -0.1) is 11.5 Å². The number of hydrogen-bond acceptors (Lipinski definition) is 0. The molecule has 0 aliphatic carbocycles. The third-order valence-corrected chi connectivity index (χ3v) is 1.11. The zero-order valence-electron chi connectivity index (χ0n) is 4.07. The Kier molecular flexibility index (Phi) is 5.06. The Balaban J connectivity index is 3.33. The zero-order valence-corrected chi connectivity index (χ0v) is 5.07. The van der Waals surface area contributed by atoms with Crippen molar-refractivity contribution in [3.63, 3.8) is 0 Å². The second kappa shape index (κ2) is 5.47. The van der Waals surface area contributed by atoms with Crippen LogP contribution in [0.15, 0.2) is 36.3 Å². The quantitative estimate of drug-likeness (QED) is 0.378. The fourth-order valence-electron chi connectivity index (χ4n) is 0.160.